The van der Waals surface area contributed by atoms with E-state index in [9.17, 15) is 0 Å². The Labute approximate surface area is 127 Å². The molecule has 4 heteroatoms. The summed E-state index contributed by atoms with van der Waals surface area (Å²) in [4.78, 5) is 0. The Bertz CT molecular complexity index is 563. The summed E-state index contributed by atoms with van der Waals surface area (Å²) >= 11 is 0. The Morgan fingerprint density at radius 2 is 2.19 bits per heavy atom. The maximum atomic E-state index is 5.05. The maximum Gasteiger partial charge on any atom is 0.0662 e. The van der Waals surface area contributed by atoms with E-state index in [0.717, 1.165) is 32.7 Å². The third-order valence-electron chi connectivity index (χ3n) is 3.58. The number of benzene rings is 1. The van der Waals surface area contributed by atoms with Gasteiger partial charge in [0.25, 0.3) is 0 Å². The number of methoxy groups -OCH3 is 1. The predicted octanol–water partition coefficient (Wildman–Crippen LogP) is 2.54. The van der Waals surface area contributed by atoms with Crippen LogP contribution in [0.4, 0.5) is 0 Å². The lowest BCUT2D eigenvalue weighted by molar-refractivity contribution is 0.199. The molecule has 2 aromatic rings. The highest BCUT2D eigenvalue weighted by Gasteiger charge is 2.09. The Morgan fingerprint density at radius 3 is 2.90 bits per heavy atom. The average Bonchev–Trinajstić information content (AvgIpc) is 2.85. The number of aromatic nitrogens is 2. The Morgan fingerprint density at radius 1 is 1.33 bits per heavy atom. The topological polar surface area (TPSA) is 39.1 Å². The second-order valence-corrected chi connectivity index (χ2v) is 5.29. The zero-order chi connectivity index (χ0) is 15.1. The first kappa shape index (κ1) is 15.7. The van der Waals surface area contributed by atoms with Gasteiger partial charge in [0, 0.05) is 31.5 Å². The van der Waals surface area contributed by atoms with Gasteiger partial charge in [-0.3, -0.25) is 4.68 Å². The summed E-state index contributed by atoms with van der Waals surface area (Å²) < 4.78 is 7.16. The molecule has 0 atom stereocenters. The minimum Gasteiger partial charge on any atom is -0.383 e. The minimum atomic E-state index is 0.735. The van der Waals surface area contributed by atoms with Crippen molar-refractivity contribution in [3.8, 4) is 0 Å². The van der Waals surface area contributed by atoms with Crippen molar-refractivity contribution >= 4 is 0 Å². The van der Waals surface area contributed by atoms with Gasteiger partial charge >= 0.3 is 0 Å². The Hall–Kier alpha value is -1.65. The van der Waals surface area contributed by atoms with Gasteiger partial charge < -0.3 is 10.1 Å². The molecule has 4 nitrogen and oxygen atoms in total. The van der Waals surface area contributed by atoms with Crippen LogP contribution in [0.25, 0.3) is 0 Å². The highest BCUT2D eigenvalue weighted by molar-refractivity contribution is 5.24. The molecule has 0 saturated heterocycles. The fourth-order valence-electron chi connectivity index (χ4n) is 2.52. The molecular weight excluding hydrogens is 262 g/mol. The molecular formula is C17H25N3O. The summed E-state index contributed by atoms with van der Waals surface area (Å²) in [5.74, 6) is 0. The molecule has 0 saturated carbocycles. The molecule has 1 aromatic heterocycles. The normalized spacial score (nSPS) is 11.0. The van der Waals surface area contributed by atoms with Gasteiger partial charge in [-0.1, -0.05) is 36.8 Å². The van der Waals surface area contributed by atoms with Crippen molar-refractivity contribution in [2.75, 3.05) is 20.3 Å². The zero-order valence-electron chi connectivity index (χ0n) is 13.2. The number of ether oxygens (including phenoxy) is 1. The first-order valence-electron chi connectivity index (χ1n) is 7.53. The van der Waals surface area contributed by atoms with Crippen molar-refractivity contribution in [2.45, 2.75) is 33.4 Å². The van der Waals surface area contributed by atoms with E-state index < -0.39 is 0 Å². The second kappa shape index (κ2) is 7.96. The number of rotatable bonds is 8. The molecule has 1 N–H and O–H groups in total. The number of nitrogens with one attached hydrogen (secondary N) is 1. The van der Waals surface area contributed by atoms with E-state index in [0.29, 0.717) is 0 Å². The molecule has 1 aromatic carbocycles. The van der Waals surface area contributed by atoms with Crippen LogP contribution < -0.4 is 5.32 Å². The molecule has 0 spiro atoms. The smallest absolute Gasteiger partial charge is 0.0662 e. The lowest BCUT2D eigenvalue weighted by atomic mass is 10.1. The van der Waals surface area contributed by atoms with Gasteiger partial charge in [-0.15, -0.1) is 0 Å². The molecule has 0 aliphatic carbocycles. The molecule has 1 heterocycles. The zero-order valence-corrected chi connectivity index (χ0v) is 13.2. The van der Waals surface area contributed by atoms with E-state index in [2.05, 4.69) is 53.2 Å². The third kappa shape index (κ3) is 4.41. The number of nitrogens with zero attached hydrogens (tertiary/aromatic N) is 2. The van der Waals surface area contributed by atoms with E-state index in [1.165, 1.54) is 22.4 Å². The Balaban J connectivity index is 2.05. The average molecular weight is 287 g/mol. The largest absolute Gasteiger partial charge is 0.383 e. The van der Waals surface area contributed by atoms with E-state index in [1.807, 2.05) is 6.20 Å². The van der Waals surface area contributed by atoms with Crippen molar-refractivity contribution in [3.63, 3.8) is 0 Å². The maximum absolute atomic E-state index is 5.05. The highest BCUT2D eigenvalue weighted by Crippen LogP contribution is 2.13. The van der Waals surface area contributed by atoms with Crippen LogP contribution >= 0.6 is 0 Å². The van der Waals surface area contributed by atoms with Crippen molar-refractivity contribution < 1.29 is 4.74 Å². The molecule has 2 rings (SSSR count). The van der Waals surface area contributed by atoms with Crippen molar-refractivity contribution in [1.29, 1.82) is 0 Å². The second-order valence-electron chi connectivity index (χ2n) is 5.29. The number of hydrogen-bond acceptors (Lipinski definition) is 3. The van der Waals surface area contributed by atoms with Crippen LogP contribution in [0.1, 0.15) is 29.3 Å². The van der Waals surface area contributed by atoms with Gasteiger partial charge in [-0.25, -0.2) is 0 Å². The molecule has 0 aliphatic rings. The van der Waals surface area contributed by atoms with Crippen LogP contribution in [0.5, 0.6) is 0 Å². The first-order chi connectivity index (χ1) is 10.2. The molecule has 21 heavy (non-hydrogen) atoms. The SMILES string of the molecule is CCc1c(CNCCOC)cnn1Cc1cccc(C)c1. The van der Waals surface area contributed by atoms with Crippen LogP contribution in [0, 0.1) is 6.92 Å². The summed E-state index contributed by atoms with van der Waals surface area (Å²) in [5, 5.41) is 7.94. The van der Waals surface area contributed by atoms with Crippen LogP contribution in [0.2, 0.25) is 0 Å². The number of hydrogen-bond donors (Lipinski definition) is 1. The monoisotopic (exact) mass is 287 g/mol. The van der Waals surface area contributed by atoms with E-state index in [-0.39, 0.29) is 0 Å². The van der Waals surface area contributed by atoms with Crippen molar-refractivity contribution in [2.24, 2.45) is 0 Å². The van der Waals surface area contributed by atoms with Gasteiger partial charge in [0.15, 0.2) is 0 Å². The minimum absolute atomic E-state index is 0.735. The fraction of sp³-hybridized carbons (Fsp3) is 0.471. The molecule has 114 valence electrons. The fourth-order valence-corrected chi connectivity index (χ4v) is 2.52. The van der Waals surface area contributed by atoms with Crippen molar-refractivity contribution in [1.82, 2.24) is 15.1 Å². The van der Waals surface area contributed by atoms with Crippen LogP contribution in [-0.4, -0.2) is 30.0 Å². The summed E-state index contributed by atoms with van der Waals surface area (Å²) in [6.45, 7) is 7.59. The van der Waals surface area contributed by atoms with E-state index >= 15 is 0 Å². The summed E-state index contributed by atoms with van der Waals surface area (Å²) in [6.07, 6.45) is 2.97. The quantitative estimate of drug-likeness (QED) is 0.758. The third-order valence-corrected chi connectivity index (χ3v) is 3.58. The van der Waals surface area contributed by atoms with E-state index in [4.69, 9.17) is 4.74 Å². The summed E-state index contributed by atoms with van der Waals surface area (Å²) in [6, 6.07) is 8.60. The molecule has 0 aliphatic heterocycles. The standard InChI is InChI=1S/C17H25N3O/c1-4-17-16(11-18-8-9-21-3)12-19-20(17)13-15-7-5-6-14(2)10-15/h5-7,10,12,18H,4,8-9,11,13H2,1-3H3. The van der Waals surface area contributed by atoms with Crippen molar-refractivity contribution in [3.05, 3.63) is 52.8 Å². The molecule has 0 radical (unpaired) electrons. The van der Waals surface area contributed by atoms with Gasteiger partial charge in [0.05, 0.1) is 19.3 Å². The molecule has 0 fully saturated rings. The van der Waals surface area contributed by atoms with Crippen LogP contribution in [-0.2, 0) is 24.2 Å². The van der Waals surface area contributed by atoms with Gasteiger partial charge in [-0.2, -0.15) is 5.10 Å². The van der Waals surface area contributed by atoms with Gasteiger partial charge in [-0.05, 0) is 18.9 Å². The van der Waals surface area contributed by atoms with Gasteiger partial charge in [0.1, 0.15) is 0 Å². The lowest BCUT2D eigenvalue weighted by Gasteiger charge is -2.09. The highest BCUT2D eigenvalue weighted by atomic mass is 16.5. The van der Waals surface area contributed by atoms with Gasteiger partial charge in [0.2, 0.25) is 0 Å². The number of aryl methyl sites for hydroxylation is 1. The van der Waals surface area contributed by atoms with Crippen LogP contribution in [0.3, 0.4) is 0 Å². The molecule has 0 bridgehead atoms. The van der Waals surface area contributed by atoms with E-state index in [1.54, 1.807) is 7.11 Å². The predicted molar refractivity (Wildman–Crippen MR) is 85.5 cm³/mol. The first-order valence-corrected chi connectivity index (χ1v) is 7.53. The molecule has 0 amide bonds. The van der Waals surface area contributed by atoms with Crippen LogP contribution in [0.15, 0.2) is 30.5 Å². The summed E-state index contributed by atoms with van der Waals surface area (Å²) in [5.41, 5.74) is 5.17. The lowest BCUT2D eigenvalue weighted by Crippen LogP contribution is -2.19. The Kier molecular flexibility index (Phi) is 5.96. The summed E-state index contributed by atoms with van der Waals surface area (Å²) in [7, 11) is 1.72. The molecule has 0 unspecified atom stereocenters.